The van der Waals surface area contributed by atoms with Crippen LogP contribution in [0.1, 0.15) is 41.2 Å². The standard InChI is InChI=1S/C29H37N5O5S/c1-4-39-28(36)29(12-5-6-13-32-29)26(35)25(30)16-20-8-7-19(2)24(15-20)27(31)33-40(37,38)23-10-9-21-11-14-34(3)18-22(21)17-23/h5-10,15,17,25,32H,4,11-14,16,18,30H2,1-3H3,(H2,31,33)/t25?,29-/m0/s1. The fourth-order valence-electron chi connectivity index (χ4n) is 5.15. The average molecular weight is 568 g/mol. The highest BCUT2D eigenvalue weighted by Gasteiger charge is 2.48. The van der Waals surface area contributed by atoms with E-state index in [1.54, 1.807) is 50.3 Å². The Labute approximate surface area is 235 Å². The molecule has 0 saturated carbocycles. The monoisotopic (exact) mass is 567 g/mol. The fraction of sp³-hybridized carbons (Fsp3) is 0.414. The molecule has 0 radical (unpaired) electrons. The number of nitrogens with zero attached hydrogens (tertiary/aromatic N) is 2. The number of amidine groups is 1. The Balaban J connectivity index is 1.57. The van der Waals surface area contributed by atoms with Gasteiger partial charge in [0.05, 0.1) is 17.5 Å². The van der Waals surface area contributed by atoms with Gasteiger partial charge >= 0.3 is 5.97 Å². The lowest BCUT2D eigenvalue weighted by Gasteiger charge is -2.34. The van der Waals surface area contributed by atoms with Crippen molar-refractivity contribution in [3.05, 3.63) is 76.4 Å². The molecule has 1 unspecified atom stereocenters. The third-order valence-corrected chi connectivity index (χ3v) is 8.71. The molecule has 0 bridgehead atoms. The van der Waals surface area contributed by atoms with Crippen LogP contribution in [-0.4, -0.2) is 69.2 Å². The maximum Gasteiger partial charge on any atom is 0.334 e. The van der Waals surface area contributed by atoms with Crippen LogP contribution in [0.5, 0.6) is 0 Å². The summed E-state index contributed by atoms with van der Waals surface area (Å²) in [4.78, 5) is 28.4. The number of nitrogens with one attached hydrogen (secondary N) is 1. The zero-order valence-corrected chi connectivity index (χ0v) is 24.0. The summed E-state index contributed by atoms with van der Waals surface area (Å²) in [7, 11) is -2.07. The van der Waals surface area contributed by atoms with Crippen molar-refractivity contribution in [3.63, 3.8) is 0 Å². The van der Waals surface area contributed by atoms with Crippen molar-refractivity contribution in [2.45, 2.75) is 56.1 Å². The molecule has 2 atom stereocenters. The van der Waals surface area contributed by atoms with Crippen molar-refractivity contribution in [2.24, 2.45) is 15.9 Å². The van der Waals surface area contributed by atoms with Crippen molar-refractivity contribution in [1.82, 2.24) is 10.2 Å². The van der Waals surface area contributed by atoms with Gasteiger partial charge in [-0.3, -0.25) is 10.1 Å². The third kappa shape index (κ3) is 6.17. The predicted octanol–water partition coefficient (Wildman–Crippen LogP) is 1.37. The Bertz CT molecular complexity index is 1470. The van der Waals surface area contributed by atoms with E-state index in [0.29, 0.717) is 29.8 Å². The highest BCUT2D eigenvalue weighted by atomic mass is 32.2. The van der Waals surface area contributed by atoms with Gasteiger partial charge in [0.25, 0.3) is 10.0 Å². The summed E-state index contributed by atoms with van der Waals surface area (Å²) < 4.78 is 35.5. The lowest BCUT2D eigenvalue weighted by molar-refractivity contribution is -0.155. The molecule has 214 valence electrons. The highest BCUT2D eigenvalue weighted by Crippen LogP contribution is 2.25. The van der Waals surface area contributed by atoms with E-state index in [-0.39, 0.29) is 30.2 Å². The minimum Gasteiger partial charge on any atom is -0.464 e. The number of ether oxygens (including phenoxy) is 1. The van der Waals surface area contributed by atoms with Gasteiger partial charge in [-0.15, -0.1) is 4.40 Å². The van der Waals surface area contributed by atoms with Crippen LogP contribution < -0.4 is 16.8 Å². The van der Waals surface area contributed by atoms with Crippen molar-refractivity contribution in [2.75, 3.05) is 26.7 Å². The molecule has 5 N–H and O–H groups in total. The third-order valence-electron chi connectivity index (χ3n) is 7.42. The van der Waals surface area contributed by atoms with Gasteiger partial charge in [-0.25, -0.2) is 4.79 Å². The van der Waals surface area contributed by atoms with Gasteiger partial charge in [-0.1, -0.05) is 30.4 Å². The van der Waals surface area contributed by atoms with Crippen LogP contribution in [0.15, 0.2) is 57.8 Å². The maximum absolute atomic E-state index is 13.4. The van der Waals surface area contributed by atoms with Crippen LogP contribution in [0.25, 0.3) is 0 Å². The first-order valence-electron chi connectivity index (χ1n) is 13.3. The summed E-state index contributed by atoms with van der Waals surface area (Å²) in [5, 5.41) is 2.99. The Morgan fingerprint density at radius 3 is 2.65 bits per heavy atom. The van der Waals surface area contributed by atoms with Crippen LogP contribution in [0.2, 0.25) is 0 Å². The minimum absolute atomic E-state index is 0.0872. The number of Topliss-reactive ketones (excluding diaryl/α,β-unsaturated/α-hetero) is 1. The van der Waals surface area contributed by atoms with E-state index in [1.165, 1.54) is 0 Å². The number of hydrogen-bond donors (Lipinski definition) is 3. The lowest BCUT2D eigenvalue weighted by atomic mass is 9.82. The first kappa shape index (κ1) is 29.6. The van der Waals surface area contributed by atoms with Gasteiger partial charge in [-0.2, -0.15) is 8.42 Å². The number of fused-ring (bicyclic) bond motifs is 1. The first-order chi connectivity index (χ1) is 19.0. The van der Waals surface area contributed by atoms with Crippen LogP contribution in [0.3, 0.4) is 0 Å². The van der Waals surface area contributed by atoms with Crippen LogP contribution in [0.4, 0.5) is 0 Å². The van der Waals surface area contributed by atoms with Crippen molar-refractivity contribution in [1.29, 1.82) is 0 Å². The number of aryl methyl sites for hydroxylation is 1. The molecule has 4 rings (SSSR count). The molecule has 0 saturated heterocycles. The summed E-state index contributed by atoms with van der Waals surface area (Å²) in [6.07, 6.45) is 4.72. The molecule has 2 aromatic rings. The van der Waals surface area contributed by atoms with Crippen molar-refractivity contribution in [3.8, 4) is 0 Å². The van der Waals surface area contributed by atoms with Gasteiger partial charge in [0.15, 0.2) is 11.3 Å². The normalized spacial score (nSPS) is 20.6. The Morgan fingerprint density at radius 1 is 1.18 bits per heavy atom. The molecule has 10 nitrogen and oxygen atoms in total. The molecule has 2 heterocycles. The second-order valence-electron chi connectivity index (χ2n) is 10.4. The number of likely N-dealkylation sites (N-methyl/N-ethyl adjacent to an activating group) is 1. The quantitative estimate of drug-likeness (QED) is 0.134. The summed E-state index contributed by atoms with van der Waals surface area (Å²) in [6.45, 7) is 5.54. The van der Waals surface area contributed by atoms with Gasteiger partial charge in [0, 0.05) is 31.6 Å². The molecule has 0 amide bonds. The SMILES string of the molecule is CCOC(=O)[C@@]1(C(=O)C(N)Cc2ccc(C)c(C(N)=NS(=O)(=O)c3ccc4c(c3)CN(C)CC4)c2)CC=CCN1. The largest absolute Gasteiger partial charge is 0.464 e. The molecular weight excluding hydrogens is 530 g/mol. The van der Waals surface area contributed by atoms with Gasteiger partial charge in [0.1, 0.15) is 5.84 Å². The summed E-state index contributed by atoms with van der Waals surface area (Å²) in [5.74, 6) is -1.28. The molecule has 2 aromatic carbocycles. The number of sulfonamides is 1. The topological polar surface area (TPSA) is 157 Å². The van der Waals surface area contributed by atoms with E-state index in [1.807, 2.05) is 19.2 Å². The fourth-order valence-corrected chi connectivity index (χ4v) is 6.14. The number of hydrogen-bond acceptors (Lipinski definition) is 8. The maximum atomic E-state index is 13.4. The summed E-state index contributed by atoms with van der Waals surface area (Å²) in [6, 6.07) is 9.30. The average Bonchev–Trinajstić information content (AvgIpc) is 2.93. The van der Waals surface area contributed by atoms with Gasteiger partial charge in [-0.05, 0) is 74.2 Å². The number of esters is 1. The van der Waals surface area contributed by atoms with E-state index in [2.05, 4.69) is 14.6 Å². The molecule has 40 heavy (non-hydrogen) atoms. The minimum atomic E-state index is -4.06. The zero-order valence-electron chi connectivity index (χ0n) is 23.1. The summed E-state index contributed by atoms with van der Waals surface area (Å²) >= 11 is 0. The molecule has 0 spiro atoms. The number of ketones is 1. The molecule has 0 aromatic heterocycles. The number of carbonyl (C=O) groups is 2. The van der Waals surface area contributed by atoms with Gasteiger partial charge in [0.2, 0.25) is 0 Å². The Morgan fingerprint density at radius 2 is 1.95 bits per heavy atom. The number of nitrogens with two attached hydrogens (primary N) is 2. The number of benzene rings is 2. The Hall–Kier alpha value is -3.38. The van der Waals surface area contributed by atoms with Crippen LogP contribution in [-0.2, 0) is 43.7 Å². The van der Waals surface area contributed by atoms with E-state index in [9.17, 15) is 18.0 Å². The molecule has 2 aliphatic heterocycles. The molecular formula is C29H37N5O5S. The second kappa shape index (κ2) is 12.0. The predicted molar refractivity (Wildman–Crippen MR) is 153 cm³/mol. The molecule has 0 aliphatic carbocycles. The van der Waals surface area contributed by atoms with E-state index in [0.717, 1.165) is 24.1 Å². The smallest absolute Gasteiger partial charge is 0.334 e. The van der Waals surface area contributed by atoms with Crippen molar-refractivity contribution < 1.29 is 22.7 Å². The molecule has 0 fully saturated rings. The lowest BCUT2D eigenvalue weighted by Crippen LogP contribution is -2.64. The molecule has 2 aliphatic rings. The van der Waals surface area contributed by atoms with Crippen LogP contribution >= 0.6 is 0 Å². The highest BCUT2D eigenvalue weighted by molar-refractivity contribution is 7.90. The van der Waals surface area contributed by atoms with Crippen LogP contribution in [0, 0.1) is 6.92 Å². The van der Waals surface area contributed by atoms with Gasteiger partial charge < -0.3 is 21.1 Å². The van der Waals surface area contributed by atoms with E-state index >= 15 is 0 Å². The van der Waals surface area contributed by atoms with E-state index < -0.39 is 33.4 Å². The van der Waals surface area contributed by atoms with Crippen molar-refractivity contribution >= 4 is 27.6 Å². The number of carbonyl (C=O) groups excluding carboxylic acids is 2. The number of rotatable bonds is 9. The summed E-state index contributed by atoms with van der Waals surface area (Å²) in [5.41, 5.74) is 14.9. The molecule has 11 heteroatoms. The Kier molecular flexibility index (Phi) is 8.89. The first-order valence-corrected chi connectivity index (χ1v) is 14.8. The second-order valence-corrected chi connectivity index (χ2v) is 12.0. The van der Waals surface area contributed by atoms with E-state index in [4.69, 9.17) is 16.2 Å². The zero-order chi connectivity index (χ0) is 29.1.